The number of aromatic nitrogens is 2. The molecule has 1 N–H and O–H groups in total. The van der Waals surface area contributed by atoms with Gasteiger partial charge < -0.3 is 10.2 Å². The molecule has 1 amide bonds. The van der Waals surface area contributed by atoms with Gasteiger partial charge in [-0.2, -0.15) is 0 Å². The minimum absolute atomic E-state index is 0.118. The lowest BCUT2D eigenvalue weighted by atomic mass is 9.93. The van der Waals surface area contributed by atoms with Crippen molar-refractivity contribution < 1.29 is 4.79 Å². The number of hydrogen-bond donors (Lipinski definition) is 1. The van der Waals surface area contributed by atoms with Crippen molar-refractivity contribution in [2.45, 2.75) is 18.9 Å². The second-order valence-corrected chi connectivity index (χ2v) is 5.91. The van der Waals surface area contributed by atoms with Gasteiger partial charge in [-0.1, -0.05) is 0 Å². The fraction of sp³-hybridized carbons (Fsp3) is 0.438. The smallest absolute Gasteiger partial charge is 0.253 e. The number of nitrogens with zero attached hydrogens (tertiary/aromatic N) is 3. The molecule has 1 aromatic heterocycles. The molecular formula is C16H18N4O. The van der Waals surface area contributed by atoms with Crippen LogP contribution in [0.4, 0.5) is 0 Å². The average molecular weight is 282 g/mol. The van der Waals surface area contributed by atoms with Crippen molar-refractivity contribution in [3.05, 3.63) is 36.2 Å². The molecule has 0 aliphatic carbocycles. The average Bonchev–Trinajstić information content (AvgIpc) is 3.01. The van der Waals surface area contributed by atoms with Gasteiger partial charge in [-0.3, -0.25) is 14.8 Å². The Hall–Kier alpha value is -2.01. The van der Waals surface area contributed by atoms with Crippen LogP contribution in [0.1, 0.15) is 23.2 Å². The van der Waals surface area contributed by atoms with E-state index in [4.69, 9.17) is 0 Å². The van der Waals surface area contributed by atoms with Crippen molar-refractivity contribution in [2.75, 3.05) is 19.6 Å². The Morgan fingerprint density at radius 2 is 2.05 bits per heavy atom. The first-order chi connectivity index (χ1) is 10.3. The monoisotopic (exact) mass is 282 g/mol. The van der Waals surface area contributed by atoms with Gasteiger partial charge in [0.2, 0.25) is 0 Å². The zero-order valence-electron chi connectivity index (χ0n) is 11.8. The van der Waals surface area contributed by atoms with Gasteiger partial charge in [-0.05, 0) is 43.5 Å². The summed E-state index contributed by atoms with van der Waals surface area (Å²) < 4.78 is 0. The Morgan fingerprint density at radius 1 is 1.19 bits per heavy atom. The van der Waals surface area contributed by atoms with E-state index >= 15 is 0 Å². The van der Waals surface area contributed by atoms with Crippen LogP contribution in [0.25, 0.3) is 11.0 Å². The summed E-state index contributed by atoms with van der Waals surface area (Å²) in [6.07, 6.45) is 5.56. The molecule has 2 atom stereocenters. The topological polar surface area (TPSA) is 58.1 Å². The molecule has 5 nitrogen and oxygen atoms in total. The van der Waals surface area contributed by atoms with Gasteiger partial charge in [0.1, 0.15) is 0 Å². The molecule has 3 heterocycles. The van der Waals surface area contributed by atoms with E-state index in [0.717, 1.165) is 37.1 Å². The first-order valence-corrected chi connectivity index (χ1v) is 7.55. The summed E-state index contributed by atoms with van der Waals surface area (Å²) in [5.41, 5.74) is 2.32. The number of carbonyl (C=O) groups is 1. The van der Waals surface area contributed by atoms with E-state index in [-0.39, 0.29) is 5.91 Å². The highest BCUT2D eigenvalue weighted by atomic mass is 16.2. The van der Waals surface area contributed by atoms with Crippen molar-refractivity contribution in [2.24, 2.45) is 5.92 Å². The molecule has 0 bridgehead atoms. The number of likely N-dealkylation sites (tertiary alicyclic amines) is 1. The fourth-order valence-corrected chi connectivity index (χ4v) is 3.51. The second kappa shape index (κ2) is 5.07. The number of rotatable bonds is 1. The third kappa shape index (κ3) is 2.27. The van der Waals surface area contributed by atoms with Gasteiger partial charge in [-0.15, -0.1) is 0 Å². The van der Waals surface area contributed by atoms with Crippen molar-refractivity contribution in [1.29, 1.82) is 0 Å². The summed E-state index contributed by atoms with van der Waals surface area (Å²) in [6, 6.07) is 6.19. The molecule has 2 aliphatic heterocycles. The Kier molecular flexibility index (Phi) is 3.07. The minimum atomic E-state index is 0.118. The number of fused-ring (bicyclic) bond motifs is 2. The Morgan fingerprint density at radius 3 is 2.95 bits per heavy atom. The lowest BCUT2D eigenvalue weighted by molar-refractivity contribution is 0.0662. The number of amides is 1. The molecular weight excluding hydrogens is 264 g/mol. The minimum Gasteiger partial charge on any atom is -0.338 e. The van der Waals surface area contributed by atoms with E-state index in [9.17, 15) is 4.79 Å². The first-order valence-electron chi connectivity index (χ1n) is 7.55. The lowest BCUT2D eigenvalue weighted by Gasteiger charge is -2.34. The van der Waals surface area contributed by atoms with E-state index in [1.165, 1.54) is 6.42 Å². The Balaban J connectivity index is 1.58. The largest absolute Gasteiger partial charge is 0.338 e. The highest BCUT2D eigenvalue weighted by Crippen LogP contribution is 2.25. The molecule has 108 valence electrons. The maximum absolute atomic E-state index is 12.7. The molecule has 2 unspecified atom stereocenters. The normalized spacial score (nSPS) is 25.0. The van der Waals surface area contributed by atoms with Gasteiger partial charge in [0.15, 0.2) is 0 Å². The Bertz CT molecular complexity index is 687. The Labute approximate surface area is 123 Å². The van der Waals surface area contributed by atoms with E-state index in [2.05, 4.69) is 15.3 Å². The third-order valence-electron chi connectivity index (χ3n) is 4.66. The van der Waals surface area contributed by atoms with Crippen LogP contribution < -0.4 is 5.32 Å². The molecule has 1 aromatic carbocycles. The van der Waals surface area contributed by atoms with Gasteiger partial charge in [0.05, 0.1) is 11.0 Å². The number of hydrogen-bond acceptors (Lipinski definition) is 4. The SMILES string of the molecule is O=C(c1ccc2nccnc2c1)N1CCC2NCCC2C1. The van der Waals surface area contributed by atoms with Gasteiger partial charge in [-0.25, -0.2) is 0 Å². The van der Waals surface area contributed by atoms with Crippen LogP contribution in [0, 0.1) is 5.92 Å². The molecule has 2 saturated heterocycles. The second-order valence-electron chi connectivity index (χ2n) is 5.91. The standard InChI is InChI=1S/C16H18N4O/c21-16(20-8-4-13-12(10-20)3-5-17-13)11-1-2-14-15(9-11)19-7-6-18-14/h1-2,6-7,9,12-13,17H,3-5,8,10H2. The lowest BCUT2D eigenvalue weighted by Crippen LogP contribution is -2.46. The molecule has 4 rings (SSSR count). The zero-order chi connectivity index (χ0) is 14.2. The maximum Gasteiger partial charge on any atom is 0.253 e. The van der Waals surface area contributed by atoms with Crippen molar-refractivity contribution in [3.63, 3.8) is 0 Å². The van der Waals surface area contributed by atoms with Crippen LogP contribution in [0.5, 0.6) is 0 Å². The molecule has 5 heteroatoms. The van der Waals surface area contributed by atoms with Crippen LogP contribution >= 0.6 is 0 Å². The summed E-state index contributed by atoms with van der Waals surface area (Å²) in [4.78, 5) is 23.2. The molecule has 0 spiro atoms. The van der Waals surface area contributed by atoms with Crippen molar-refractivity contribution in [3.8, 4) is 0 Å². The summed E-state index contributed by atoms with van der Waals surface area (Å²) in [7, 11) is 0. The van der Waals surface area contributed by atoms with Crippen molar-refractivity contribution >= 4 is 16.9 Å². The van der Waals surface area contributed by atoms with E-state index < -0.39 is 0 Å². The van der Waals surface area contributed by atoms with Crippen LogP contribution in [-0.2, 0) is 0 Å². The molecule has 2 fully saturated rings. The predicted octanol–water partition coefficient (Wildman–Crippen LogP) is 1.45. The maximum atomic E-state index is 12.7. The molecule has 2 aliphatic rings. The van der Waals surface area contributed by atoms with Crippen LogP contribution in [-0.4, -0.2) is 46.5 Å². The van der Waals surface area contributed by atoms with Gasteiger partial charge in [0, 0.05) is 37.1 Å². The van der Waals surface area contributed by atoms with Crippen LogP contribution in [0.2, 0.25) is 0 Å². The van der Waals surface area contributed by atoms with Crippen molar-refractivity contribution in [1.82, 2.24) is 20.2 Å². The predicted molar refractivity (Wildman–Crippen MR) is 80.0 cm³/mol. The van der Waals surface area contributed by atoms with E-state index in [1.54, 1.807) is 12.4 Å². The number of carbonyl (C=O) groups excluding carboxylic acids is 1. The summed E-state index contributed by atoms with van der Waals surface area (Å²) in [5.74, 6) is 0.732. The summed E-state index contributed by atoms with van der Waals surface area (Å²) in [6.45, 7) is 2.80. The number of nitrogens with one attached hydrogen (secondary N) is 1. The van der Waals surface area contributed by atoms with Gasteiger partial charge >= 0.3 is 0 Å². The van der Waals surface area contributed by atoms with E-state index in [1.807, 2.05) is 23.1 Å². The highest BCUT2D eigenvalue weighted by molar-refractivity contribution is 5.97. The molecule has 2 aromatic rings. The van der Waals surface area contributed by atoms with E-state index in [0.29, 0.717) is 17.5 Å². The highest BCUT2D eigenvalue weighted by Gasteiger charge is 2.34. The fourth-order valence-electron chi connectivity index (χ4n) is 3.51. The summed E-state index contributed by atoms with van der Waals surface area (Å²) in [5, 5.41) is 3.53. The molecule has 0 saturated carbocycles. The van der Waals surface area contributed by atoms with Crippen LogP contribution in [0.15, 0.2) is 30.6 Å². The number of piperidine rings is 1. The quantitative estimate of drug-likeness (QED) is 0.860. The molecule has 21 heavy (non-hydrogen) atoms. The number of benzene rings is 1. The molecule has 0 radical (unpaired) electrons. The summed E-state index contributed by atoms with van der Waals surface area (Å²) >= 11 is 0. The third-order valence-corrected chi connectivity index (χ3v) is 4.66. The first kappa shape index (κ1) is 12.7. The van der Waals surface area contributed by atoms with Gasteiger partial charge in [0.25, 0.3) is 5.91 Å². The van der Waals surface area contributed by atoms with Crippen LogP contribution in [0.3, 0.4) is 0 Å². The zero-order valence-corrected chi connectivity index (χ0v) is 11.8.